The normalized spacial score (nSPS) is 12.6. The second-order valence-corrected chi connectivity index (χ2v) is 6.62. The number of Topliss-reactive ketones (excluding diaryl/α,β-unsaturated/α-hetero) is 1. The van der Waals surface area contributed by atoms with Gasteiger partial charge in [-0.3, -0.25) is 9.59 Å². The first kappa shape index (κ1) is 20.9. The summed E-state index contributed by atoms with van der Waals surface area (Å²) in [5, 5.41) is 19.4. The molecule has 6 heteroatoms. The van der Waals surface area contributed by atoms with Gasteiger partial charge in [0.05, 0.1) is 5.56 Å². The Kier molecular flexibility index (Phi) is 6.71. The molecule has 2 aromatic rings. The average Bonchev–Trinajstić information content (AvgIpc) is 2.64. The Morgan fingerprint density at radius 1 is 0.893 bits per heavy atom. The monoisotopic (exact) mass is 382 g/mol. The number of aliphatic carboxylic acids is 1. The molecule has 0 saturated heterocycles. The van der Waals surface area contributed by atoms with Crippen LogP contribution < -0.4 is 0 Å². The quantitative estimate of drug-likeness (QED) is 0.408. The van der Waals surface area contributed by atoms with Gasteiger partial charge in [0.1, 0.15) is 11.7 Å². The summed E-state index contributed by atoms with van der Waals surface area (Å²) in [6.45, 7) is 7.03. The number of carbonyl (C=O) groups is 3. The summed E-state index contributed by atoms with van der Waals surface area (Å²) >= 11 is 0. The highest BCUT2D eigenvalue weighted by Gasteiger charge is 2.36. The molecule has 0 radical (unpaired) electrons. The molecule has 2 aromatic carbocycles. The van der Waals surface area contributed by atoms with Crippen molar-refractivity contribution in [1.29, 1.82) is 0 Å². The first-order valence-corrected chi connectivity index (χ1v) is 8.67. The van der Waals surface area contributed by atoms with Gasteiger partial charge in [-0.15, -0.1) is 0 Å². The number of hydrogen-bond acceptors (Lipinski definition) is 5. The van der Waals surface area contributed by atoms with E-state index in [0.717, 1.165) is 11.1 Å². The number of carboxylic acids is 1. The highest BCUT2D eigenvalue weighted by Crippen LogP contribution is 2.22. The van der Waals surface area contributed by atoms with Crippen molar-refractivity contribution in [2.45, 2.75) is 26.4 Å². The Labute approximate surface area is 163 Å². The molecule has 0 fully saturated rings. The van der Waals surface area contributed by atoms with E-state index in [2.05, 4.69) is 6.58 Å². The molecule has 0 bridgehead atoms. The molecule has 2 N–H and O–H groups in total. The fourth-order valence-electron chi connectivity index (χ4n) is 2.64. The van der Waals surface area contributed by atoms with E-state index in [1.165, 1.54) is 12.1 Å². The van der Waals surface area contributed by atoms with Crippen molar-refractivity contribution in [2.24, 2.45) is 5.92 Å². The zero-order chi connectivity index (χ0) is 20.8. The fourth-order valence-corrected chi connectivity index (χ4v) is 2.64. The highest BCUT2D eigenvalue weighted by atomic mass is 16.6. The molecule has 6 nitrogen and oxygen atoms in total. The first-order chi connectivity index (χ1) is 13.2. The minimum Gasteiger partial charge on any atom is -0.509 e. The van der Waals surface area contributed by atoms with E-state index >= 15 is 0 Å². The average molecular weight is 382 g/mol. The maximum Gasteiger partial charge on any atom is 0.338 e. The van der Waals surface area contributed by atoms with E-state index in [0.29, 0.717) is 5.56 Å². The van der Waals surface area contributed by atoms with Crippen LogP contribution in [0.15, 0.2) is 60.9 Å². The fraction of sp³-hybridized carbons (Fsp3) is 0.227. The standard InChI is InChI=1S/C22H22O6/c1-13-4-8-16(9-5-13)19(24)12-18(21(25)26)20(15(3)23)28-22(27)17-10-6-14(2)7-11-17/h4-11,18,20,23H,3,12H2,1-2H3,(H,25,26). The van der Waals surface area contributed by atoms with Crippen LogP contribution in [-0.2, 0) is 9.53 Å². The number of hydrogen-bond donors (Lipinski definition) is 2. The Balaban J connectivity index is 2.21. The number of aryl methyl sites for hydroxylation is 2. The summed E-state index contributed by atoms with van der Waals surface area (Å²) in [6, 6.07) is 13.1. The van der Waals surface area contributed by atoms with Gasteiger partial charge in [-0.1, -0.05) is 54.1 Å². The molecule has 146 valence electrons. The molecule has 28 heavy (non-hydrogen) atoms. The third kappa shape index (κ3) is 5.30. The summed E-state index contributed by atoms with van der Waals surface area (Å²) in [4.78, 5) is 36.5. The molecule has 0 saturated carbocycles. The Bertz CT molecular complexity index is 805. The van der Waals surface area contributed by atoms with Crippen LogP contribution in [-0.4, -0.2) is 34.0 Å². The lowest BCUT2D eigenvalue weighted by Gasteiger charge is -2.23. The number of esters is 1. The van der Waals surface area contributed by atoms with Crippen molar-refractivity contribution >= 4 is 17.7 Å². The van der Waals surface area contributed by atoms with E-state index in [1.54, 1.807) is 36.4 Å². The molecule has 2 unspecified atom stereocenters. The Morgan fingerprint density at radius 3 is 1.79 bits per heavy atom. The summed E-state index contributed by atoms with van der Waals surface area (Å²) in [6.07, 6.45) is -2.01. The smallest absolute Gasteiger partial charge is 0.338 e. The maximum atomic E-state index is 12.5. The third-order valence-electron chi connectivity index (χ3n) is 4.31. The van der Waals surface area contributed by atoms with Crippen LogP contribution in [0.1, 0.15) is 38.3 Å². The number of ketones is 1. The summed E-state index contributed by atoms with van der Waals surface area (Å²) < 4.78 is 5.20. The summed E-state index contributed by atoms with van der Waals surface area (Å²) in [5.74, 6) is -4.73. The van der Waals surface area contributed by atoms with Crippen LogP contribution in [0.4, 0.5) is 0 Å². The molecule has 0 aliphatic heterocycles. The van der Waals surface area contributed by atoms with Crippen molar-refractivity contribution in [2.75, 3.05) is 0 Å². The molecular weight excluding hydrogens is 360 g/mol. The highest BCUT2D eigenvalue weighted by molar-refractivity contribution is 5.98. The maximum absolute atomic E-state index is 12.5. The molecule has 0 spiro atoms. The predicted molar refractivity (Wildman–Crippen MR) is 103 cm³/mol. The molecule has 0 aliphatic rings. The van der Waals surface area contributed by atoms with Gasteiger partial charge in [0, 0.05) is 12.0 Å². The van der Waals surface area contributed by atoms with Gasteiger partial charge in [-0.05, 0) is 26.0 Å². The molecule has 2 atom stereocenters. The van der Waals surface area contributed by atoms with Crippen LogP contribution in [0.5, 0.6) is 0 Å². The third-order valence-corrected chi connectivity index (χ3v) is 4.31. The second-order valence-electron chi connectivity index (χ2n) is 6.62. The molecule has 0 heterocycles. The van der Waals surface area contributed by atoms with Crippen molar-refractivity contribution in [3.05, 3.63) is 83.1 Å². The van der Waals surface area contributed by atoms with Gasteiger partial charge >= 0.3 is 11.9 Å². The van der Waals surface area contributed by atoms with Crippen molar-refractivity contribution in [3.63, 3.8) is 0 Å². The van der Waals surface area contributed by atoms with Gasteiger partial charge < -0.3 is 14.9 Å². The van der Waals surface area contributed by atoms with Gasteiger partial charge in [0.2, 0.25) is 0 Å². The minimum atomic E-state index is -1.55. The number of aliphatic hydroxyl groups excluding tert-OH is 1. The van der Waals surface area contributed by atoms with Crippen molar-refractivity contribution < 1.29 is 29.3 Å². The largest absolute Gasteiger partial charge is 0.509 e. The second kappa shape index (κ2) is 8.99. The lowest BCUT2D eigenvalue weighted by atomic mass is 9.92. The molecule has 0 amide bonds. The Hall–Kier alpha value is -3.41. The molecule has 0 aromatic heterocycles. The number of aliphatic hydroxyl groups is 1. The number of carbonyl (C=O) groups excluding carboxylic acids is 2. The minimum absolute atomic E-state index is 0.200. The lowest BCUT2D eigenvalue weighted by molar-refractivity contribution is -0.145. The topological polar surface area (TPSA) is 101 Å². The van der Waals surface area contributed by atoms with Crippen molar-refractivity contribution in [3.8, 4) is 0 Å². The van der Waals surface area contributed by atoms with E-state index < -0.39 is 41.9 Å². The van der Waals surface area contributed by atoms with Gasteiger partial charge in [0.25, 0.3) is 0 Å². The predicted octanol–water partition coefficient (Wildman–Crippen LogP) is 3.87. The van der Waals surface area contributed by atoms with Crippen LogP contribution in [0.25, 0.3) is 0 Å². The van der Waals surface area contributed by atoms with E-state index in [9.17, 15) is 24.6 Å². The number of carboxylic acid groups (broad SMARTS) is 1. The zero-order valence-corrected chi connectivity index (χ0v) is 15.7. The first-order valence-electron chi connectivity index (χ1n) is 8.67. The van der Waals surface area contributed by atoms with Crippen LogP contribution in [0.2, 0.25) is 0 Å². The lowest BCUT2D eigenvalue weighted by Crippen LogP contribution is -2.35. The molecular formula is C22H22O6. The van der Waals surface area contributed by atoms with E-state index in [1.807, 2.05) is 13.8 Å². The van der Waals surface area contributed by atoms with Crippen LogP contribution in [0, 0.1) is 19.8 Å². The molecule has 2 rings (SSSR count). The SMILES string of the molecule is C=C(O)C(OC(=O)c1ccc(C)cc1)C(CC(=O)c1ccc(C)cc1)C(=O)O. The van der Waals surface area contributed by atoms with Gasteiger partial charge in [-0.2, -0.15) is 0 Å². The van der Waals surface area contributed by atoms with Gasteiger partial charge in [-0.25, -0.2) is 4.79 Å². The van der Waals surface area contributed by atoms with Crippen molar-refractivity contribution in [1.82, 2.24) is 0 Å². The summed E-state index contributed by atoms with van der Waals surface area (Å²) in [7, 11) is 0. The number of benzene rings is 2. The van der Waals surface area contributed by atoms with E-state index in [-0.39, 0.29) is 5.56 Å². The zero-order valence-electron chi connectivity index (χ0n) is 15.7. The van der Waals surface area contributed by atoms with Crippen LogP contribution in [0.3, 0.4) is 0 Å². The number of ether oxygens (including phenoxy) is 1. The molecule has 0 aliphatic carbocycles. The van der Waals surface area contributed by atoms with Gasteiger partial charge in [0.15, 0.2) is 11.9 Å². The van der Waals surface area contributed by atoms with E-state index in [4.69, 9.17) is 4.74 Å². The van der Waals surface area contributed by atoms with Crippen LogP contribution >= 0.6 is 0 Å². The summed E-state index contributed by atoms with van der Waals surface area (Å²) in [5.41, 5.74) is 2.43. The number of rotatable bonds is 8. The Morgan fingerprint density at radius 2 is 1.36 bits per heavy atom.